The van der Waals surface area contributed by atoms with Gasteiger partial charge in [0.2, 0.25) is 0 Å². The highest BCUT2D eigenvalue weighted by atomic mass is 14.9. The Morgan fingerprint density at radius 1 is 0.500 bits per heavy atom. The van der Waals surface area contributed by atoms with Crippen LogP contribution in [-0.2, 0) is 11.1 Å². The molecule has 0 spiro atoms. The van der Waals surface area contributed by atoms with E-state index in [2.05, 4.69) is 104 Å². The summed E-state index contributed by atoms with van der Waals surface area (Å²) in [6, 6.07) is 41.7. The van der Waals surface area contributed by atoms with Gasteiger partial charge in [0.25, 0.3) is 0 Å². The van der Waals surface area contributed by atoms with Gasteiger partial charge in [-0.1, -0.05) is 135 Å². The minimum atomic E-state index is -0.779. The normalized spacial score (nSPS) is 12.1. The summed E-state index contributed by atoms with van der Waals surface area (Å²) >= 11 is 0. The molecular weight excluding hydrogens is 388 g/mol. The molecule has 4 aromatic carbocycles. The monoisotopic (exact) mass is 420 g/mol. The van der Waals surface area contributed by atoms with E-state index >= 15 is 0 Å². The van der Waals surface area contributed by atoms with Gasteiger partial charge in [0.1, 0.15) is 0 Å². The fourth-order valence-corrected chi connectivity index (χ4v) is 5.10. The molecule has 32 heavy (non-hydrogen) atoms. The Morgan fingerprint density at radius 3 is 0.969 bits per heavy atom. The Labute approximate surface area is 191 Å². The molecule has 0 atom stereocenters. The lowest BCUT2D eigenvalue weighted by atomic mass is 9.60. The molecule has 4 N–H and O–H groups in total. The molecule has 0 amide bonds. The third-order valence-electron chi connectivity index (χ3n) is 6.68. The lowest BCUT2D eigenvalue weighted by molar-refractivity contribution is 0.197. The smallest absolute Gasteiger partial charge is 0.0718 e. The highest BCUT2D eigenvalue weighted by molar-refractivity contribution is 5.46. The van der Waals surface area contributed by atoms with Crippen LogP contribution in [-0.4, -0.2) is 0 Å². The van der Waals surface area contributed by atoms with Gasteiger partial charge in [-0.3, -0.25) is 0 Å². The van der Waals surface area contributed by atoms with Crippen molar-refractivity contribution >= 4 is 0 Å². The van der Waals surface area contributed by atoms with Crippen LogP contribution in [0.3, 0.4) is 0 Å². The molecule has 0 saturated heterocycles. The summed E-state index contributed by atoms with van der Waals surface area (Å²) in [5.41, 5.74) is 17.8. The molecule has 2 heteroatoms. The van der Waals surface area contributed by atoms with Crippen molar-refractivity contribution in [1.82, 2.24) is 0 Å². The van der Waals surface area contributed by atoms with E-state index in [1.807, 2.05) is 24.3 Å². The number of hydrogen-bond donors (Lipinski definition) is 2. The standard InChI is InChI=1S/C30H32N2/c1-2-15-28(29(31,24-16-7-3-8-17-24)25-18-9-4-10-19-25)30(32,26-20-11-5-12-21-26)27-22-13-6-14-23-27/h3-14,16-23,28H,2,15,31-32H2,1H3. The van der Waals surface area contributed by atoms with Crippen molar-refractivity contribution in [3.63, 3.8) is 0 Å². The average molecular weight is 421 g/mol. The van der Waals surface area contributed by atoms with Crippen LogP contribution in [0, 0.1) is 5.92 Å². The predicted octanol–water partition coefficient (Wildman–Crippen LogP) is 6.21. The summed E-state index contributed by atoms with van der Waals surface area (Å²) in [5, 5.41) is 0. The molecule has 2 nitrogen and oxygen atoms in total. The van der Waals surface area contributed by atoms with E-state index in [4.69, 9.17) is 11.5 Å². The van der Waals surface area contributed by atoms with Crippen LogP contribution in [0.25, 0.3) is 0 Å². The maximum Gasteiger partial charge on any atom is 0.0718 e. The van der Waals surface area contributed by atoms with Crippen molar-refractivity contribution in [2.24, 2.45) is 17.4 Å². The van der Waals surface area contributed by atoms with E-state index in [9.17, 15) is 0 Å². The van der Waals surface area contributed by atoms with Gasteiger partial charge in [-0.15, -0.1) is 0 Å². The SMILES string of the molecule is CCCC(C(N)(c1ccccc1)c1ccccc1)C(N)(c1ccccc1)c1ccccc1. The van der Waals surface area contributed by atoms with E-state index in [1.54, 1.807) is 0 Å². The summed E-state index contributed by atoms with van der Waals surface area (Å²) in [4.78, 5) is 0. The quantitative estimate of drug-likeness (QED) is 0.356. The van der Waals surface area contributed by atoms with Gasteiger partial charge in [0.15, 0.2) is 0 Å². The minimum absolute atomic E-state index is 0.0883. The van der Waals surface area contributed by atoms with Gasteiger partial charge < -0.3 is 11.5 Å². The maximum absolute atomic E-state index is 7.55. The summed E-state index contributed by atoms with van der Waals surface area (Å²) in [6.07, 6.45) is 1.85. The second kappa shape index (κ2) is 9.52. The molecule has 0 aliphatic rings. The molecule has 0 saturated carbocycles. The Hall–Kier alpha value is -3.20. The van der Waals surface area contributed by atoms with Crippen molar-refractivity contribution in [3.05, 3.63) is 144 Å². The predicted molar refractivity (Wildman–Crippen MR) is 134 cm³/mol. The summed E-state index contributed by atoms with van der Waals surface area (Å²) < 4.78 is 0. The van der Waals surface area contributed by atoms with Crippen LogP contribution in [0.4, 0.5) is 0 Å². The fourth-order valence-electron chi connectivity index (χ4n) is 5.10. The van der Waals surface area contributed by atoms with Gasteiger partial charge in [-0.05, 0) is 28.7 Å². The molecule has 0 aliphatic carbocycles. The number of benzene rings is 4. The van der Waals surface area contributed by atoms with Gasteiger partial charge in [0.05, 0.1) is 11.1 Å². The van der Waals surface area contributed by atoms with Gasteiger partial charge >= 0.3 is 0 Å². The Kier molecular flexibility index (Phi) is 6.55. The second-order valence-electron chi connectivity index (χ2n) is 8.54. The van der Waals surface area contributed by atoms with Gasteiger partial charge in [0, 0.05) is 5.92 Å². The second-order valence-corrected chi connectivity index (χ2v) is 8.54. The van der Waals surface area contributed by atoms with E-state index in [0.717, 1.165) is 35.1 Å². The summed E-state index contributed by atoms with van der Waals surface area (Å²) in [6.45, 7) is 2.21. The van der Waals surface area contributed by atoms with Gasteiger partial charge in [-0.2, -0.15) is 0 Å². The van der Waals surface area contributed by atoms with Crippen molar-refractivity contribution < 1.29 is 0 Å². The van der Waals surface area contributed by atoms with E-state index in [-0.39, 0.29) is 5.92 Å². The average Bonchev–Trinajstić information content (AvgIpc) is 2.88. The Bertz CT molecular complexity index is 925. The zero-order valence-electron chi connectivity index (χ0n) is 18.7. The lowest BCUT2D eigenvalue weighted by Crippen LogP contribution is -2.58. The van der Waals surface area contributed by atoms with Gasteiger partial charge in [-0.25, -0.2) is 0 Å². The number of hydrogen-bond acceptors (Lipinski definition) is 2. The first-order valence-electron chi connectivity index (χ1n) is 11.4. The Balaban J connectivity index is 2.03. The lowest BCUT2D eigenvalue weighted by Gasteiger charge is -2.49. The van der Waals surface area contributed by atoms with E-state index < -0.39 is 11.1 Å². The first-order chi connectivity index (χ1) is 15.6. The molecule has 4 rings (SSSR count). The molecule has 0 bridgehead atoms. The largest absolute Gasteiger partial charge is 0.317 e. The molecule has 0 unspecified atom stereocenters. The minimum Gasteiger partial charge on any atom is -0.317 e. The topological polar surface area (TPSA) is 52.0 Å². The van der Waals surface area contributed by atoms with Crippen LogP contribution < -0.4 is 11.5 Å². The zero-order valence-corrected chi connectivity index (χ0v) is 18.7. The van der Waals surface area contributed by atoms with Crippen LogP contribution in [0.2, 0.25) is 0 Å². The van der Waals surface area contributed by atoms with Crippen molar-refractivity contribution in [1.29, 1.82) is 0 Å². The third-order valence-corrected chi connectivity index (χ3v) is 6.68. The molecule has 0 aliphatic heterocycles. The highest BCUT2D eigenvalue weighted by Crippen LogP contribution is 2.48. The third kappa shape index (κ3) is 3.88. The van der Waals surface area contributed by atoms with Crippen LogP contribution in [0.1, 0.15) is 42.0 Å². The molecule has 0 radical (unpaired) electrons. The molecule has 162 valence electrons. The summed E-state index contributed by atoms with van der Waals surface area (Å²) in [7, 11) is 0. The first kappa shape index (κ1) is 22.0. The summed E-state index contributed by atoms with van der Waals surface area (Å²) in [5.74, 6) is -0.0883. The number of rotatable bonds is 8. The van der Waals surface area contributed by atoms with Crippen LogP contribution >= 0.6 is 0 Å². The number of nitrogens with two attached hydrogens (primary N) is 2. The van der Waals surface area contributed by atoms with E-state index in [1.165, 1.54) is 0 Å². The van der Waals surface area contributed by atoms with Crippen molar-refractivity contribution in [3.8, 4) is 0 Å². The maximum atomic E-state index is 7.55. The molecular formula is C30H32N2. The molecule has 0 aromatic heterocycles. The van der Waals surface area contributed by atoms with E-state index in [0.29, 0.717) is 0 Å². The first-order valence-corrected chi connectivity index (χ1v) is 11.4. The highest BCUT2D eigenvalue weighted by Gasteiger charge is 2.50. The van der Waals surface area contributed by atoms with Crippen molar-refractivity contribution in [2.75, 3.05) is 0 Å². The molecule has 0 heterocycles. The molecule has 4 aromatic rings. The molecule has 0 fully saturated rings. The fraction of sp³-hybridized carbons (Fsp3) is 0.200. The van der Waals surface area contributed by atoms with Crippen LogP contribution in [0.5, 0.6) is 0 Å². The Morgan fingerprint density at radius 2 is 0.750 bits per heavy atom. The zero-order chi connectivity index (χ0) is 22.4. The van der Waals surface area contributed by atoms with Crippen molar-refractivity contribution in [2.45, 2.75) is 30.8 Å². The van der Waals surface area contributed by atoms with Crippen LogP contribution in [0.15, 0.2) is 121 Å².